The van der Waals surface area contributed by atoms with Gasteiger partial charge in [-0.05, 0) is 44.5 Å². The van der Waals surface area contributed by atoms with Crippen molar-refractivity contribution in [2.24, 2.45) is 4.99 Å². The Morgan fingerprint density at radius 2 is 1.93 bits per heavy atom. The van der Waals surface area contributed by atoms with Crippen LogP contribution in [0.4, 0.5) is 5.69 Å². The Labute approximate surface area is 179 Å². The molecule has 2 rings (SSSR count). The highest BCUT2D eigenvalue weighted by Crippen LogP contribution is 2.21. The fraction of sp³-hybridized carbons (Fsp3) is 0.450. The van der Waals surface area contributed by atoms with Crippen molar-refractivity contribution in [3.8, 4) is 0 Å². The molecule has 0 radical (unpaired) electrons. The fourth-order valence-electron chi connectivity index (χ4n) is 2.57. The van der Waals surface area contributed by atoms with Gasteiger partial charge in [-0.2, -0.15) is 0 Å². The van der Waals surface area contributed by atoms with Crippen LogP contribution in [0.1, 0.15) is 26.0 Å². The summed E-state index contributed by atoms with van der Waals surface area (Å²) >= 11 is 0. The maximum atomic E-state index is 10.5. The first kappa shape index (κ1) is 23.3. The maximum Gasteiger partial charge on any atom is 0.191 e. The minimum atomic E-state index is -1.13. The molecule has 0 amide bonds. The number of aliphatic hydroxyl groups is 1. The Hall–Kier alpha value is -1.74. The van der Waals surface area contributed by atoms with Crippen LogP contribution in [0.5, 0.6) is 0 Å². The summed E-state index contributed by atoms with van der Waals surface area (Å²) in [4.78, 5) is 6.72. The Balaban J connectivity index is 0.00000364. The molecule has 0 fully saturated rings. The average molecular weight is 486 g/mol. The summed E-state index contributed by atoms with van der Waals surface area (Å²) in [7, 11) is 2.09. The maximum absolute atomic E-state index is 10.5. The van der Waals surface area contributed by atoms with Gasteiger partial charge in [-0.1, -0.05) is 18.2 Å². The first-order valence-corrected chi connectivity index (χ1v) is 9.07. The molecule has 0 aliphatic heterocycles. The Kier molecular flexibility index (Phi) is 10.2. The van der Waals surface area contributed by atoms with Crippen molar-refractivity contribution in [1.82, 2.24) is 10.6 Å². The standard InChI is InChI=1S/C20H30N4O2.HI/c1-4-21-19(23-16-20(2,25)18-12-8-15-26-18)22-13-9-14-24(3)17-10-6-5-7-11-17;/h5-8,10-12,15,25H,4,9,13-14,16H2,1-3H3,(H2,21,22,23);1H. The quantitative estimate of drug-likeness (QED) is 0.220. The molecule has 1 unspecified atom stereocenters. The number of halogens is 1. The zero-order valence-electron chi connectivity index (χ0n) is 16.3. The number of nitrogens with one attached hydrogen (secondary N) is 2. The molecule has 0 bridgehead atoms. The van der Waals surface area contributed by atoms with Gasteiger partial charge in [0, 0.05) is 32.4 Å². The molecule has 2 aromatic rings. The SMILES string of the molecule is CCNC(=NCC(C)(O)c1ccco1)NCCCN(C)c1ccccc1.I. The summed E-state index contributed by atoms with van der Waals surface area (Å²) in [5.74, 6) is 1.21. The van der Waals surface area contributed by atoms with E-state index in [0.717, 1.165) is 26.1 Å². The van der Waals surface area contributed by atoms with Crippen molar-refractivity contribution < 1.29 is 9.52 Å². The summed E-state index contributed by atoms with van der Waals surface area (Å²) in [6.45, 7) is 6.45. The molecule has 0 spiro atoms. The van der Waals surface area contributed by atoms with Crippen LogP contribution < -0.4 is 15.5 Å². The molecule has 7 heteroatoms. The topological polar surface area (TPSA) is 73.0 Å². The van der Waals surface area contributed by atoms with E-state index < -0.39 is 5.60 Å². The van der Waals surface area contributed by atoms with E-state index in [1.54, 1.807) is 25.3 Å². The van der Waals surface area contributed by atoms with Gasteiger partial charge in [0.2, 0.25) is 0 Å². The van der Waals surface area contributed by atoms with Crippen LogP contribution in [0.15, 0.2) is 58.1 Å². The van der Waals surface area contributed by atoms with Crippen molar-refractivity contribution in [1.29, 1.82) is 0 Å². The zero-order valence-corrected chi connectivity index (χ0v) is 18.6. The van der Waals surface area contributed by atoms with Gasteiger partial charge in [0.15, 0.2) is 5.96 Å². The van der Waals surface area contributed by atoms with Crippen LogP contribution in [0.3, 0.4) is 0 Å². The number of hydrogen-bond acceptors (Lipinski definition) is 4. The number of nitrogens with zero attached hydrogens (tertiary/aromatic N) is 2. The number of furan rings is 1. The lowest BCUT2D eigenvalue weighted by atomic mass is 10.0. The Bertz CT molecular complexity index is 660. The third-order valence-electron chi connectivity index (χ3n) is 4.10. The lowest BCUT2D eigenvalue weighted by Gasteiger charge is -2.21. The second kappa shape index (κ2) is 11.9. The van der Waals surface area contributed by atoms with Gasteiger partial charge in [0.05, 0.1) is 12.8 Å². The zero-order chi connectivity index (χ0) is 18.8. The molecule has 3 N–H and O–H groups in total. The molecule has 1 atom stereocenters. The third-order valence-corrected chi connectivity index (χ3v) is 4.10. The van der Waals surface area contributed by atoms with E-state index in [1.165, 1.54) is 5.69 Å². The van der Waals surface area contributed by atoms with Crippen LogP contribution in [0.25, 0.3) is 0 Å². The first-order chi connectivity index (χ1) is 12.5. The van der Waals surface area contributed by atoms with Crippen molar-refractivity contribution in [2.75, 3.05) is 38.1 Å². The van der Waals surface area contributed by atoms with Gasteiger partial charge in [0.25, 0.3) is 0 Å². The molecule has 1 aromatic carbocycles. The van der Waals surface area contributed by atoms with E-state index in [-0.39, 0.29) is 30.5 Å². The Morgan fingerprint density at radius 3 is 2.56 bits per heavy atom. The lowest BCUT2D eigenvalue weighted by molar-refractivity contribution is 0.0437. The fourth-order valence-corrected chi connectivity index (χ4v) is 2.57. The van der Waals surface area contributed by atoms with Gasteiger partial charge >= 0.3 is 0 Å². The number of para-hydroxylation sites is 1. The summed E-state index contributed by atoms with van der Waals surface area (Å²) in [6, 6.07) is 13.9. The minimum absolute atomic E-state index is 0. The van der Waals surface area contributed by atoms with E-state index >= 15 is 0 Å². The van der Waals surface area contributed by atoms with Gasteiger partial charge in [0.1, 0.15) is 11.4 Å². The molecule has 0 aliphatic carbocycles. The van der Waals surface area contributed by atoms with Gasteiger partial charge in [-0.15, -0.1) is 24.0 Å². The highest BCUT2D eigenvalue weighted by Gasteiger charge is 2.26. The highest BCUT2D eigenvalue weighted by molar-refractivity contribution is 14.0. The predicted molar refractivity (Wildman–Crippen MR) is 122 cm³/mol. The minimum Gasteiger partial charge on any atom is -0.466 e. The van der Waals surface area contributed by atoms with Crippen LogP contribution in [-0.4, -0.2) is 44.3 Å². The van der Waals surface area contributed by atoms with Gasteiger partial charge in [-0.25, -0.2) is 4.99 Å². The monoisotopic (exact) mass is 486 g/mol. The van der Waals surface area contributed by atoms with Crippen molar-refractivity contribution in [3.63, 3.8) is 0 Å². The third kappa shape index (κ3) is 7.80. The lowest BCUT2D eigenvalue weighted by Crippen LogP contribution is -2.40. The predicted octanol–water partition coefficient (Wildman–Crippen LogP) is 3.19. The highest BCUT2D eigenvalue weighted by atomic mass is 127. The average Bonchev–Trinajstić information content (AvgIpc) is 3.19. The van der Waals surface area contributed by atoms with Crippen LogP contribution in [0, 0.1) is 0 Å². The van der Waals surface area contributed by atoms with Crippen molar-refractivity contribution in [3.05, 3.63) is 54.5 Å². The molecule has 1 heterocycles. The van der Waals surface area contributed by atoms with Gasteiger partial charge < -0.3 is 25.1 Å². The van der Waals surface area contributed by atoms with Crippen LogP contribution >= 0.6 is 24.0 Å². The molecule has 1 aromatic heterocycles. The number of guanidine groups is 1. The van der Waals surface area contributed by atoms with Crippen LogP contribution in [0.2, 0.25) is 0 Å². The summed E-state index contributed by atoms with van der Waals surface area (Å²) in [5, 5.41) is 17.0. The molecule has 0 saturated carbocycles. The molecule has 0 aliphatic rings. The van der Waals surface area contributed by atoms with Crippen molar-refractivity contribution >= 4 is 35.6 Å². The molecular weight excluding hydrogens is 455 g/mol. The number of hydrogen-bond donors (Lipinski definition) is 3. The molecule has 27 heavy (non-hydrogen) atoms. The normalized spacial score (nSPS) is 13.4. The number of anilines is 1. The van der Waals surface area contributed by atoms with E-state index in [2.05, 4.69) is 39.7 Å². The molecule has 0 saturated heterocycles. The second-order valence-corrected chi connectivity index (χ2v) is 6.48. The van der Waals surface area contributed by atoms with Crippen LogP contribution in [-0.2, 0) is 5.60 Å². The smallest absolute Gasteiger partial charge is 0.191 e. The number of aliphatic imine (C=N–C) groups is 1. The van der Waals surface area contributed by atoms with E-state index in [9.17, 15) is 5.11 Å². The van der Waals surface area contributed by atoms with E-state index in [0.29, 0.717) is 11.7 Å². The largest absolute Gasteiger partial charge is 0.466 e. The second-order valence-electron chi connectivity index (χ2n) is 6.48. The number of rotatable bonds is 9. The van der Waals surface area contributed by atoms with E-state index in [1.807, 2.05) is 25.1 Å². The summed E-state index contributed by atoms with van der Waals surface area (Å²) in [6.07, 6.45) is 2.53. The molecule has 6 nitrogen and oxygen atoms in total. The first-order valence-electron chi connectivity index (χ1n) is 9.07. The number of benzene rings is 1. The van der Waals surface area contributed by atoms with Crippen molar-refractivity contribution in [2.45, 2.75) is 25.9 Å². The Morgan fingerprint density at radius 1 is 1.19 bits per heavy atom. The summed E-state index contributed by atoms with van der Waals surface area (Å²) in [5.41, 5.74) is 0.0851. The molecular formula is C20H31IN4O2. The summed E-state index contributed by atoms with van der Waals surface area (Å²) < 4.78 is 5.29. The molecule has 150 valence electrons. The van der Waals surface area contributed by atoms with E-state index in [4.69, 9.17) is 4.42 Å². The van der Waals surface area contributed by atoms with Gasteiger partial charge in [-0.3, -0.25) is 0 Å².